The van der Waals surface area contributed by atoms with Gasteiger partial charge in [0.15, 0.2) is 0 Å². The van der Waals surface area contributed by atoms with E-state index in [1.54, 1.807) is 0 Å². The van der Waals surface area contributed by atoms with Crippen LogP contribution in [0.15, 0.2) is 60.8 Å². The van der Waals surface area contributed by atoms with Crippen LogP contribution in [0.25, 0.3) is 0 Å². The van der Waals surface area contributed by atoms with Gasteiger partial charge in [0.05, 0.1) is 34.4 Å². The highest BCUT2D eigenvalue weighted by atomic mass is 31.2. The molecule has 0 rings (SSSR count). The highest BCUT2D eigenvalue weighted by molar-refractivity contribution is 7.47. The number of hydrogen-bond donors (Lipinski definition) is 1. The summed E-state index contributed by atoms with van der Waals surface area (Å²) in [6.07, 6.45) is 55.4. The molecule has 0 saturated carbocycles. The summed E-state index contributed by atoms with van der Waals surface area (Å²) < 4.78 is 35.1. The van der Waals surface area contributed by atoms with Crippen LogP contribution in [-0.4, -0.2) is 75.6 Å². The largest absolute Gasteiger partial charge is 0.472 e. The average Bonchev–Trinajstić information content (AvgIpc) is 3.20. The fourth-order valence-corrected chi connectivity index (χ4v) is 7.32. The summed E-state index contributed by atoms with van der Waals surface area (Å²) in [5.41, 5.74) is 0. The fraction of sp³-hybridized carbons (Fsp3) is 0.784. The Morgan fingerprint density at radius 1 is 0.533 bits per heavy atom. The maximum absolute atomic E-state index is 12.7. The number of hydrogen-bond acceptors (Lipinski definition) is 6. The summed E-state index contributed by atoms with van der Waals surface area (Å²) in [7, 11) is 1.66. The van der Waals surface area contributed by atoms with Crippen molar-refractivity contribution in [1.29, 1.82) is 0 Å². The van der Waals surface area contributed by atoms with Gasteiger partial charge in [0.1, 0.15) is 19.3 Å². The zero-order valence-corrected chi connectivity index (χ0v) is 40.6. The van der Waals surface area contributed by atoms with Crippen molar-refractivity contribution < 1.29 is 37.3 Å². The number of unbranched alkanes of at least 4 members (excludes halogenated alkanes) is 21. The molecule has 0 aromatic carbocycles. The monoisotopic (exact) mass is 865 g/mol. The first-order valence-corrected chi connectivity index (χ1v) is 26.0. The lowest BCUT2D eigenvalue weighted by Crippen LogP contribution is -2.37. The van der Waals surface area contributed by atoms with E-state index in [1.165, 1.54) is 103 Å². The topological polar surface area (TPSA) is 91.3 Å². The van der Waals surface area contributed by atoms with Gasteiger partial charge < -0.3 is 18.9 Å². The van der Waals surface area contributed by atoms with E-state index in [9.17, 15) is 14.3 Å². The van der Waals surface area contributed by atoms with Crippen LogP contribution in [0.2, 0.25) is 0 Å². The molecule has 2 atom stereocenters. The minimum atomic E-state index is -4.28. The van der Waals surface area contributed by atoms with Gasteiger partial charge in [-0.25, -0.2) is 4.57 Å². The number of phosphoric acid groups is 1. The van der Waals surface area contributed by atoms with Crippen LogP contribution in [0, 0.1) is 0 Å². The maximum atomic E-state index is 12.7. The standard InChI is InChI=1S/C51H94NO7P/c1-6-8-10-12-14-16-18-20-22-24-25-26-27-28-29-31-33-35-37-39-41-43-46-56-48-50(49-58-60(54,55)57-47-45-52(3,4)5)59-51(53)44-42-40-38-36-34-32-30-23-21-19-17-15-13-11-9-7-2/h8,10,14,16,20,22,25-26,28-29,50H,6-7,9,11-13,15,17-19,21,23-24,27,30-49H2,1-5H3/p+1/b10-8-,16-14-,22-20-,26-25-,29-28-. The molecule has 0 saturated heterocycles. The van der Waals surface area contributed by atoms with Crippen molar-refractivity contribution in [2.24, 2.45) is 0 Å². The molecule has 0 aliphatic heterocycles. The van der Waals surface area contributed by atoms with Gasteiger partial charge in [0.2, 0.25) is 0 Å². The van der Waals surface area contributed by atoms with Gasteiger partial charge in [-0.15, -0.1) is 0 Å². The number of ether oxygens (including phenoxy) is 2. The molecule has 0 radical (unpaired) electrons. The van der Waals surface area contributed by atoms with Crippen molar-refractivity contribution in [3.05, 3.63) is 60.8 Å². The van der Waals surface area contributed by atoms with Crippen LogP contribution >= 0.6 is 7.82 Å². The van der Waals surface area contributed by atoms with Crippen molar-refractivity contribution >= 4 is 13.8 Å². The minimum Gasteiger partial charge on any atom is -0.457 e. The van der Waals surface area contributed by atoms with Crippen LogP contribution in [0.1, 0.15) is 200 Å². The van der Waals surface area contributed by atoms with Crippen LogP contribution in [0.4, 0.5) is 0 Å². The lowest BCUT2D eigenvalue weighted by Gasteiger charge is -2.24. The quantitative estimate of drug-likeness (QED) is 0.0214. The zero-order chi connectivity index (χ0) is 44.1. The zero-order valence-electron chi connectivity index (χ0n) is 39.7. The molecule has 0 aliphatic carbocycles. The molecule has 0 fully saturated rings. The summed E-state index contributed by atoms with van der Waals surface area (Å²) in [5, 5.41) is 0. The van der Waals surface area contributed by atoms with Gasteiger partial charge in [-0.1, -0.05) is 197 Å². The van der Waals surface area contributed by atoms with Gasteiger partial charge in [-0.05, 0) is 57.8 Å². The Hall–Kier alpha value is -1.80. The number of nitrogens with zero attached hydrogens (tertiary/aromatic N) is 1. The normalized spacial score (nSPS) is 14.2. The highest BCUT2D eigenvalue weighted by Crippen LogP contribution is 2.43. The van der Waals surface area contributed by atoms with E-state index in [2.05, 4.69) is 74.6 Å². The molecular weight excluding hydrogens is 770 g/mol. The Bertz CT molecular complexity index is 1140. The summed E-state index contributed by atoms with van der Waals surface area (Å²) in [6.45, 7) is 5.49. The molecule has 0 spiro atoms. The maximum Gasteiger partial charge on any atom is 0.472 e. The van der Waals surface area contributed by atoms with Gasteiger partial charge >= 0.3 is 13.8 Å². The molecule has 0 bridgehead atoms. The first kappa shape index (κ1) is 58.2. The van der Waals surface area contributed by atoms with Crippen molar-refractivity contribution in [2.75, 3.05) is 54.1 Å². The third-order valence-electron chi connectivity index (χ3n) is 10.3. The smallest absolute Gasteiger partial charge is 0.457 e. The predicted molar refractivity (Wildman–Crippen MR) is 256 cm³/mol. The Kier molecular flexibility index (Phi) is 42.5. The summed E-state index contributed by atoms with van der Waals surface area (Å²) in [6, 6.07) is 0. The van der Waals surface area contributed by atoms with Gasteiger partial charge in [0.25, 0.3) is 0 Å². The number of likely N-dealkylation sites (N-methyl/N-ethyl adjacent to an activating group) is 1. The minimum absolute atomic E-state index is 0.0842. The van der Waals surface area contributed by atoms with E-state index >= 15 is 0 Å². The molecule has 60 heavy (non-hydrogen) atoms. The Morgan fingerprint density at radius 3 is 1.45 bits per heavy atom. The number of quaternary nitrogens is 1. The van der Waals surface area contributed by atoms with E-state index in [4.69, 9.17) is 18.5 Å². The first-order chi connectivity index (χ1) is 29.1. The number of allylic oxidation sites excluding steroid dienone is 10. The molecule has 350 valence electrons. The molecular formula is C51H95NO7P+. The van der Waals surface area contributed by atoms with Crippen molar-refractivity contribution in [3.63, 3.8) is 0 Å². The van der Waals surface area contributed by atoms with Crippen LogP contribution in [0.5, 0.6) is 0 Å². The number of carbonyl (C=O) groups is 1. The molecule has 2 unspecified atom stereocenters. The lowest BCUT2D eigenvalue weighted by molar-refractivity contribution is -0.870. The van der Waals surface area contributed by atoms with Gasteiger partial charge in [-0.3, -0.25) is 13.8 Å². The number of rotatable bonds is 45. The molecule has 1 N–H and O–H groups in total. The van der Waals surface area contributed by atoms with Crippen molar-refractivity contribution in [3.8, 4) is 0 Å². The Balaban J connectivity index is 4.20. The molecule has 0 heterocycles. The van der Waals surface area contributed by atoms with E-state index < -0.39 is 13.9 Å². The second-order valence-electron chi connectivity index (χ2n) is 17.5. The summed E-state index contributed by atoms with van der Waals surface area (Å²) in [5.74, 6) is -0.319. The second kappa shape index (κ2) is 43.8. The van der Waals surface area contributed by atoms with Crippen molar-refractivity contribution in [2.45, 2.75) is 206 Å². The number of phosphoric ester groups is 1. The van der Waals surface area contributed by atoms with Crippen LogP contribution in [-0.2, 0) is 27.9 Å². The van der Waals surface area contributed by atoms with Crippen LogP contribution < -0.4 is 0 Å². The van der Waals surface area contributed by atoms with Gasteiger partial charge in [-0.2, -0.15) is 0 Å². The van der Waals surface area contributed by atoms with E-state index in [1.807, 2.05) is 21.1 Å². The van der Waals surface area contributed by atoms with Crippen LogP contribution in [0.3, 0.4) is 0 Å². The SMILES string of the molecule is CC/C=C\C/C=C\C/C=C\C/C=C\C/C=C\CCCCCCCCOCC(COP(=O)(O)OCC[N+](C)(C)C)OC(=O)CCCCCCCCCCCCCCCCCC. The molecule has 9 heteroatoms. The molecule has 0 aliphatic rings. The van der Waals surface area contributed by atoms with E-state index in [-0.39, 0.29) is 25.8 Å². The molecule has 0 aromatic rings. The van der Waals surface area contributed by atoms with E-state index in [0.717, 1.165) is 77.0 Å². The van der Waals surface area contributed by atoms with Gasteiger partial charge in [0, 0.05) is 13.0 Å². The first-order valence-electron chi connectivity index (χ1n) is 24.5. The summed E-state index contributed by atoms with van der Waals surface area (Å²) in [4.78, 5) is 23.0. The second-order valence-corrected chi connectivity index (χ2v) is 18.9. The summed E-state index contributed by atoms with van der Waals surface area (Å²) >= 11 is 0. The molecule has 8 nitrogen and oxygen atoms in total. The van der Waals surface area contributed by atoms with E-state index in [0.29, 0.717) is 24.1 Å². The number of carbonyl (C=O) groups excluding carboxylic acids is 1. The average molecular weight is 865 g/mol. The fourth-order valence-electron chi connectivity index (χ4n) is 6.58. The highest BCUT2D eigenvalue weighted by Gasteiger charge is 2.26. The van der Waals surface area contributed by atoms with Crippen molar-refractivity contribution in [1.82, 2.24) is 0 Å². The Morgan fingerprint density at radius 2 is 0.967 bits per heavy atom. The molecule has 0 amide bonds. The Labute approximate surface area is 370 Å². The lowest BCUT2D eigenvalue weighted by atomic mass is 10.0. The number of esters is 1. The predicted octanol–water partition coefficient (Wildman–Crippen LogP) is 14.9. The third kappa shape index (κ3) is 47.3. The molecule has 0 aromatic heterocycles. The third-order valence-corrected chi connectivity index (χ3v) is 11.3.